The number of aliphatic hydroxyl groups is 6. The van der Waals surface area contributed by atoms with Crippen LogP contribution in [0.2, 0.25) is 0 Å². The number of carbonyl (C=O) groups excluding carboxylic acids is 2. The van der Waals surface area contributed by atoms with Crippen LogP contribution in [0.3, 0.4) is 0 Å². The maximum Gasteiger partial charge on any atom is 0.338 e. The van der Waals surface area contributed by atoms with E-state index in [4.69, 9.17) is 33.2 Å². The Balaban J connectivity index is 1.09. The van der Waals surface area contributed by atoms with E-state index in [9.17, 15) is 40.2 Å². The average Bonchev–Trinajstić information content (AvgIpc) is 3.49. The molecule has 1 aromatic rings. The second kappa shape index (κ2) is 16.4. The van der Waals surface area contributed by atoms with Crippen LogP contribution in [0.1, 0.15) is 96.3 Å². The average molecular weight is 819 g/mol. The second-order valence-electron chi connectivity index (χ2n) is 18.0. The number of hydrogen-bond donors (Lipinski definition) is 6. The third kappa shape index (κ3) is 7.15. The van der Waals surface area contributed by atoms with E-state index in [1.54, 1.807) is 38.1 Å². The molecule has 2 aliphatic heterocycles. The van der Waals surface area contributed by atoms with Gasteiger partial charge in [0.25, 0.3) is 0 Å². The van der Waals surface area contributed by atoms with Crippen molar-refractivity contribution in [2.75, 3.05) is 13.7 Å². The minimum absolute atomic E-state index is 0.190. The minimum atomic E-state index is -1.67. The summed E-state index contributed by atoms with van der Waals surface area (Å²) in [6.07, 6.45) is -6.00. The lowest BCUT2D eigenvalue weighted by Crippen LogP contribution is -2.75. The topological polar surface area (TPSA) is 220 Å². The van der Waals surface area contributed by atoms with E-state index >= 15 is 0 Å². The Labute approximate surface area is 339 Å². The molecule has 15 nitrogen and oxygen atoms in total. The van der Waals surface area contributed by atoms with E-state index in [1.165, 1.54) is 14.0 Å². The molecule has 6 aliphatic rings. The molecule has 3 unspecified atom stereocenters. The molecule has 0 radical (unpaired) electrons. The Kier molecular flexibility index (Phi) is 12.3. The predicted octanol–water partition coefficient (Wildman–Crippen LogP) is 2.30. The molecule has 2 heterocycles. The van der Waals surface area contributed by atoms with Crippen LogP contribution >= 0.6 is 0 Å². The molecule has 1 aromatic carbocycles. The second-order valence-corrected chi connectivity index (χ2v) is 18.0. The SMILES string of the molecule is CO[C@@H]1C[C@H](O[C@H]2CC[C@@]3(C)C(=CC[C@]4(O)[C@@H]3C[C@@H](OC(=O)c3ccccc3)[C@]3(C)[C@@H]([C@@H](C)OC(C)=O)CC[C@@]34O)C2)OC(C)[C@H]1O[C@@H]1OC(CO)[C@@H](O)[C@H](O)C1O. The zero-order chi connectivity index (χ0) is 41.9. The molecule has 5 fully saturated rings. The highest BCUT2D eigenvalue weighted by Crippen LogP contribution is 2.70. The molecule has 324 valence electrons. The van der Waals surface area contributed by atoms with Crippen LogP contribution in [0.15, 0.2) is 42.0 Å². The lowest BCUT2D eigenvalue weighted by atomic mass is 9.42. The summed E-state index contributed by atoms with van der Waals surface area (Å²) in [6, 6.07) is 8.72. The zero-order valence-electron chi connectivity index (χ0n) is 34.3. The molecule has 6 N–H and O–H groups in total. The van der Waals surface area contributed by atoms with Crippen LogP contribution in [0, 0.1) is 22.7 Å². The highest BCUT2D eigenvalue weighted by molar-refractivity contribution is 5.89. The van der Waals surface area contributed by atoms with Gasteiger partial charge in [-0.1, -0.05) is 43.7 Å². The molecule has 0 amide bonds. The largest absolute Gasteiger partial charge is 0.463 e. The van der Waals surface area contributed by atoms with Gasteiger partial charge in [-0.25, -0.2) is 4.79 Å². The smallest absolute Gasteiger partial charge is 0.338 e. The number of carbonyl (C=O) groups is 2. The summed E-state index contributed by atoms with van der Waals surface area (Å²) in [5.41, 5.74) is -3.46. The third-order valence-electron chi connectivity index (χ3n) is 15.1. The number of hydrogen-bond acceptors (Lipinski definition) is 15. The van der Waals surface area contributed by atoms with Gasteiger partial charge in [-0.15, -0.1) is 0 Å². The maximum absolute atomic E-state index is 13.7. The van der Waals surface area contributed by atoms with Crippen molar-refractivity contribution in [2.24, 2.45) is 22.7 Å². The van der Waals surface area contributed by atoms with E-state index in [0.717, 1.165) is 5.57 Å². The normalized spacial score (nSPS) is 46.8. The van der Waals surface area contributed by atoms with Gasteiger partial charge >= 0.3 is 11.9 Å². The molecule has 2 saturated heterocycles. The number of ether oxygens (including phenoxy) is 7. The first-order valence-corrected chi connectivity index (χ1v) is 20.8. The van der Waals surface area contributed by atoms with E-state index in [-0.39, 0.29) is 25.4 Å². The Morgan fingerprint density at radius 1 is 0.966 bits per heavy atom. The van der Waals surface area contributed by atoms with Gasteiger partial charge in [-0.2, -0.15) is 0 Å². The summed E-state index contributed by atoms with van der Waals surface area (Å²) in [4.78, 5) is 25.9. The molecule has 0 spiro atoms. The molecular formula is C43H62O15. The number of fused-ring (bicyclic) bond motifs is 5. The number of benzene rings is 1. The Hall–Kier alpha value is -2.54. The highest BCUT2D eigenvalue weighted by Gasteiger charge is 2.77. The van der Waals surface area contributed by atoms with Gasteiger partial charge in [0.1, 0.15) is 53.9 Å². The fourth-order valence-electron chi connectivity index (χ4n) is 11.9. The summed E-state index contributed by atoms with van der Waals surface area (Å²) in [7, 11) is 1.53. The van der Waals surface area contributed by atoms with Gasteiger partial charge in [0.15, 0.2) is 12.6 Å². The van der Waals surface area contributed by atoms with Crippen molar-refractivity contribution in [2.45, 2.75) is 171 Å². The monoisotopic (exact) mass is 818 g/mol. The van der Waals surface area contributed by atoms with Crippen LogP contribution in [-0.2, 0) is 38.0 Å². The molecular weight excluding hydrogens is 756 g/mol. The minimum Gasteiger partial charge on any atom is -0.463 e. The van der Waals surface area contributed by atoms with Crippen LogP contribution in [0.4, 0.5) is 0 Å². The van der Waals surface area contributed by atoms with Crippen molar-refractivity contribution >= 4 is 11.9 Å². The summed E-state index contributed by atoms with van der Waals surface area (Å²) >= 11 is 0. The van der Waals surface area contributed by atoms with Crippen molar-refractivity contribution in [3.8, 4) is 0 Å². The first-order chi connectivity index (χ1) is 27.4. The third-order valence-corrected chi connectivity index (χ3v) is 15.1. The van der Waals surface area contributed by atoms with Crippen molar-refractivity contribution in [1.29, 1.82) is 0 Å². The van der Waals surface area contributed by atoms with Crippen LogP contribution < -0.4 is 0 Å². The number of aliphatic hydroxyl groups excluding tert-OH is 4. The van der Waals surface area contributed by atoms with E-state index < -0.39 is 120 Å². The lowest BCUT2D eigenvalue weighted by molar-refractivity contribution is -0.345. The van der Waals surface area contributed by atoms with Gasteiger partial charge in [-0.05, 0) is 76.3 Å². The number of esters is 2. The summed E-state index contributed by atoms with van der Waals surface area (Å²) in [5, 5.41) is 66.7. The van der Waals surface area contributed by atoms with Crippen molar-refractivity contribution in [3.05, 3.63) is 47.5 Å². The summed E-state index contributed by atoms with van der Waals surface area (Å²) in [6.45, 7) is 8.36. The number of methoxy groups -OCH3 is 1. The van der Waals surface area contributed by atoms with Gasteiger partial charge in [0.2, 0.25) is 0 Å². The van der Waals surface area contributed by atoms with Gasteiger partial charge in [-0.3, -0.25) is 4.79 Å². The molecule has 4 aliphatic carbocycles. The van der Waals surface area contributed by atoms with Crippen molar-refractivity contribution in [3.63, 3.8) is 0 Å². The van der Waals surface area contributed by atoms with E-state index in [0.29, 0.717) is 37.7 Å². The Bertz CT molecular complexity index is 1670. The standard InChI is InChI=1S/C43H62O15/c1-22(53-24(3)45)28-14-17-43(51)41(28,5)32(57-38(49)25-10-8-7-9-11-25)20-31-40(4)15-13-27(18-26(40)12-16-42(31,43)50)55-33-19-29(52-6)37(23(2)54-33)58-39-36(48)35(47)34(46)30(21-44)56-39/h7-12,22-23,27-37,39,44,46-48,50-51H,13-21H2,1-6H3/t22-,23?,27+,28-,29-,30?,31-,32-,33+,34-,35+,36?,37-,39+,40+,41+,42+,43-/m1/s1. The van der Waals surface area contributed by atoms with Crippen LogP contribution in [-0.4, -0.2) is 141 Å². The number of rotatable bonds is 10. The molecule has 18 atom stereocenters. The molecule has 0 aromatic heterocycles. The predicted molar refractivity (Wildman–Crippen MR) is 204 cm³/mol. The quantitative estimate of drug-likeness (QED) is 0.147. The summed E-state index contributed by atoms with van der Waals surface area (Å²) in [5.74, 6) is -1.82. The molecule has 7 rings (SSSR count). The van der Waals surface area contributed by atoms with Crippen molar-refractivity contribution < 1.29 is 73.4 Å². The van der Waals surface area contributed by atoms with Crippen LogP contribution in [0.25, 0.3) is 0 Å². The molecule has 0 bridgehead atoms. The highest BCUT2D eigenvalue weighted by atomic mass is 16.7. The van der Waals surface area contributed by atoms with E-state index in [1.807, 2.05) is 13.0 Å². The van der Waals surface area contributed by atoms with Gasteiger partial charge in [0, 0.05) is 37.7 Å². The molecule has 58 heavy (non-hydrogen) atoms. The van der Waals surface area contributed by atoms with E-state index in [2.05, 4.69) is 13.0 Å². The zero-order valence-corrected chi connectivity index (χ0v) is 34.3. The Morgan fingerprint density at radius 3 is 2.36 bits per heavy atom. The molecule has 3 saturated carbocycles. The van der Waals surface area contributed by atoms with Crippen molar-refractivity contribution in [1.82, 2.24) is 0 Å². The summed E-state index contributed by atoms with van der Waals surface area (Å²) < 4.78 is 42.4. The van der Waals surface area contributed by atoms with Crippen LogP contribution in [0.5, 0.6) is 0 Å². The first-order valence-electron chi connectivity index (χ1n) is 20.8. The fourth-order valence-corrected chi connectivity index (χ4v) is 11.9. The van der Waals surface area contributed by atoms with Gasteiger partial charge < -0.3 is 63.8 Å². The fraction of sp³-hybridized carbons (Fsp3) is 0.767. The maximum atomic E-state index is 13.7. The van der Waals surface area contributed by atoms with Gasteiger partial charge in [0.05, 0.1) is 30.5 Å². The molecule has 15 heteroatoms. The first kappa shape index (κ1) is 43.5. The lowest BCUT2D eigenvalue weighted by Gasteiger charge is -2.66. The Morgan fingerprint density at radius 2 is 1.69 bits per heavy atom.